The van der Waals surface area contributed by atoms with Gasteiger partial charge in [-0.05, 0) is 39.6 Å². The van der Waals surface area contributed by atoms with Gasteiger partial charge in [0.05, 0.1) is 11.0 Å². The van der Waals surface area contributed by atoms with Crippen molar-refractivity contribution in [2.75, 3.05) is 6.79 Å². The van der Waals surface area contributed by atoms with Crippen LogP contribution in [0.3, 0.4) is 0 Å². The summed E-state index contributed by atoms with van der Waals surface area (Å²) in [7, 11) is 0. The van der Waals surface area contributed by atoms with Crippen molar-refractivity contribution in [1.82, 2.24) is 5.01 Å². The van der Waals surface area contributed by atoms with E-state index in [9.17, 15) is 14.8 Å². The van der Waals surface area contributed by atoms with Gasteiger partial charge >= 0.3 is 12.1 Å². The average Bonchev–Trinajstić information content (AvgIpc) is 2.20. The van der Waals surface area contributed by atoms with Gasteiger partial charge < -0.3 is 19.5 Å². The Kier molecular flexibility index (Phi) is 6.74. The first-order valence-electron chi connectivity index (χ1n) is 6.00. The number of hydrogen-bond acceptors (Lipinski definition) is 7. The molecule has 0 spiro atoms. The van der Waals surface area contributed by atoms with Gasteiger partial charge in [0.2, 0.25) is 5.28 Å². The second-order valence-electron chi connectivity index (χ2n) is 5.14. The zero-order chi connectivity index (χ0) is 15.9. The van der Waals surface area contributed by atoms with Crippen LogP contribution in [0.25, 0.3) is 0 Å². The molecule has 0 heterocycles. The number of rotatable bonds is 5. The number of hydrogen-bond donors (Lipinski definition) is 0. The second-order valence-corrected chi connectivity index (χ2v) is 5.14. The summed E-state index contributed by atoms with van der Waals surface area (Å²) in [5.74, 6) is -0.578. The first-order valence-corrected chi connectivity index (χ1v) is 6.00. The molecular weight excluding hydrogens is 270 g/mol. The van der Waals surface area contributed by atoms with Crippen LogP contribution < -0.4 is 0 Å². The van der Waals surface area contributed by atoms with Crippen LogP contribution in [0.5, 0.6) is 0 Å². The third kappa shape index (κ3) is 7.39. The molecule has 0 saturated heterocycles. The van der Waals surface area contributed by atoms with Crippen molar-refractivity contribution < 1.29 is 28.9 Å². The van der Waals surface area contributed by atoms with E-state index >= 15 is 0 Å². The van der Waals surface area contributed by atoms with Crippen LogP contribution in [0.15, 0.2) is 5.28 Å². The summed E-state index contributed by atoms with van der Waals surface area (Å²) >= 11 is 0. The largest absolute Gasteiger partial charge is 0.568 e. The van der Waals surface area contributed by atoms with E-state index in [2.05, 4.69) is 14.9 Å². The fraction of sp³-hybridized carbons (Fsp3) is 0.818. The Bertz CT molecular complexity index is 375. The van der Waals surface area contributed by atoms with E-state index < -0.39 is 30.5 Å². The Morgan fingerprint density at radius 1 is 1.35 bits per heavy atom. The zero-order valence-corrected chi connectivity index (χ0v) is 12.6. The molecule has 0 atom stereocenters. The first kappa shape index (κ1) is 17.9. The molecule has 0 bridgehead atoms. The monoisotopic (exact) mass is 291 g/mol. The van der Waals surface area contributed by atoms with Crippen LogP contribution >= 0.6 is 0 Å². The van der Waals surface area contributed by atoms with Crippen molar-refractivity contribution >= 4 is 12.1 Å². The minimum atomic E-state index is -0.859. The summed E-state index contributed by atoms with van der Waals surface area (Å²) in [6, 6.07) is -0.497. The predicted molar refractivity (Wildman–Crippen MR) is 67.0 cm³/mol. The molecule has 0 aromatic rings. The standard InChI is InChI=1S/C11H21N3O6/c1-8(2)13(10(16)20-11(4,5)6)14(17)12-19-7-18-9(3)15/h8H,7H2,1-6H3/b14-12-. The molecule has 116 valence electrons. The fourth-order valence-electron chi connectivity index (χ4n) is 1.01. The van der Waals surface area contributed by atoms with E-state index in [1.54, 1.807) is 34.6 Å². The predicted octanol–water partition coefficient (Wildman–Crippen LogP) is 1.96. The van der Waals surface area contributed by atoms with Crippen LogP contribution in [0.2, 0.25) is 0 Å². The lowest BCUT2D eigenvalue weighted by molar-refractivity contribution is -0.700. The smallest absolute Gasteiger partial charge is 0.467 e. The van der Waals surface area contributed by atoms with Gasteiger partial charge in [0, 0.05) is 6.92 Å². The number of nitrogens with zero attached hydrogens (tertiary/aromatic N) is 3. The van der Waals surface area contributed by atoms with Gasteiger partial charge in [-0.1, -0.05) is 0 Å². The van der Waals surface area contributed by atoms with E-state index in [1.165, 1.54) is 6.92 Å². The van der Waals surface area contributed by atoms with Gasteiger partial charge in [0.25, 0.3) is 6.79 Å². The van der Waals surface area contributed by atoms with E-state index in [-0.39, 0.29) is 4.97 Å². The SMILES string of the molecule is CC(=O)OCO/N=[N+](\[O-])N(C(=O)OC(C)(C)C)C(C)C. The zero-order valence-electron chi connectivity index (χ0n) is 12.6. The summed E-state index contributed by atoms with van der Waals surface area (Å²) in [6.07, 6.45) is -0.859. The van der Waals surface area contributed by atoms with Crippen molar-refractivity contribution in [1.29, 1.82) is 0 Å². The lowest BCUT2D eigenvalue weighted by Gasteiger charge is -2.24. The normalized spacial score (nSPS) is 12.1. The highest BCUT2D eigenvalue weighted by Crippen LogP contribution is 2.12. The molecule has 0 aliphatic heterocycles. The number of hydrazine groups is 1. The maximum absolute atomic E-state index is 11.8. The van der Waals surface area contributed by atoms with Crippen LogP contribution in [0.4, 0.5) is 4.79 Å². The summed E-state index contributed by atoms with van der Waals surface area (Å²) in [5, 5.41) is 15.5. The van der Waals surface area contributed by atoms with Crippen molar-refractivity contribution in [2.45, 2.75) is 53.2 Å². The Labute approximate surface area is 117 Å². The van der Waals surface area contributed by atoms with Gasteiger partial charge in [-0.25, -0.2) is 4.79 Å². The van der Waals surface area contributed by atoms with Gasteiger partial charge in [0.1, 0.15) is 5.60 Å². The summed E-state index contributed by atoms with van der Waals surface area (Å²) in [6.45, 7) is 8.90. The Morgan fingerprint density at radius 2 is 1.90 bits per heavy atom. The molecule has 0 N–H and O–H groups in total. The molecule has 0 unspecified atom stereocenters. The lowest BCUT2D eigenvalue weighted by atomic mass is 10.2. The molecular formula is C11H21N3O6. The van der Waals surface area contributed by atoms with Gasteiger partial charge in [-0.3, -0.25) is 4.79 Å². The molecule has 0 aromatic heterocycles. The van der Waals surface area contributed by atoms with Crippen LogP contribution in [0, 0.1) is 5.21 Å². The first-order chi connectivity index (χ1) is 9.04. The van der Waals surface area contributed by atoms with Gasteiger partial charge in [0.15, 0.2) is 0 Å². The second kappa shape index (κ2) is 7.51. The highest BCUT2D eigenvalue weighted by molar-refractivity contribution is 5.66. The van der Waals surface area contributed by atoms with Gasteiger partial charge in [-0.2, -0.15) is 0 Å². The molecule has 0 rings (SSSR count). The molecule has 1 amide bonds. The van der Waals surface area contributed by atoms with E-state index in [0.717, 1.165) is 5.01 Å². The van der Waals surface area contributed by atoms with Crippen LogP contribution in [0.1, 0.15) is 41.5 Å². The summed E-state index contributed by atoms with van der Waals surface area (Å²) < 4.78 is 9.49. The molecule has 9 heteroatoms. The van der Waals surface area contributed by atoms with E-state index in [1.807, 2.05) is 0 Å². The average molecular weight is 291 g/mol. The number of ether oxygens (including phenoxy) is 2. The number of amides is 1. The maximum atomic E-state index is 11.8. The highest BCUT2D eigenvalue weighted by atomic mass is 16.8. The maximum Gasteiger partial charge on any atom is 0.467 e. The molecule has 20 heavy (non-hydrogen) atoms. The van der Waals surface area contributed by atoms with Crippen molar-refractivity contribution in [3.8, 4) is 0 Å². The Balaban J connectivity index is 4.69. The topological polar surface area (TPSA) is 103 Å². The molecule has 9 nitrogen and oxygen atoms in total. The summed E-state index contributed by atoms with van der Waals surface area (Å²) in [5.41, 5.74) is -0.746. The van der Waals surface area contributed by atoms with Crippen LogP contribution in [-0.4, -0.2) is 40.5 Å². The van der Waals surface area contributed by atoms with Crippen molar-refractivity contribution in [3.63, 3.8) is 0 Å². The minimum Gasteiger partial charge on any atom is -0.568 e. The molecule has 0 fully saturated rings. The van der Waals surface area contributed by atoms with Crippen LogP contribution in [-0.2, 0) is 19.1 Å². The molecule has 0 aliphatic rings. The number of carbonyl (C=O) groups is 2. The van der Waals surface area contributed by atoms with E-state index in [0.29, 0.717) is 0 Å². The molecule has 0 aliphatic carbocycles. The van der Waals surface area contributed by atoms with Crippen molar-refractivity contribution in [3.05, 3.63) is 5.21 Å². The fourth-order valence-corrected chi connectivity index (χ4v) is 1.01. The quantitative estimate of drug-likeness (QED) is 0.191. The third-order valence-electron chi connectivity index (χ3n) is 1.70. The Morgan fingerprint density at radius 3 is 2.30 bits per heavy atom. The molecule has 0 saturated carbocycles. The highest BCUT2D eigenvalue weighted by Gasteiger charge is 2.32. The minimum absolute atomic E-state index is 0.0533. The number of carbonyl (C=O) groups excluding carboxylic acids is 2. The van der Waals surface area contributed by atoms with Crippen molar-refractivity contribution in [2.24, 2.45) is 5.28 Å². The Hall–Kier alpha value is -2.06. The molecule has 0 aromatic carbocycles. The third-order valence-corrected chi connectivity index (χ3v) is 1.70. The van der Waals surface area contributed by atoms with E-state index in [4.69, 9.17) is 4.74 Å². The lowest BCUT2D eigenvalue weighted by Crippen LogP contribution is -2.45. The molecule has 0 radical (unpaired) electrons. The summed E-state index contributed by atoms with van der Waals surface area (Å²) in [4.78, 5) is 26.7. The van der Waals surface area contributed by atoms with Gasteiger partial charge in [-0.15, -0.1) is 0 Å². The number of esters is 1.